The van der Waals surface area contributed by atoms with E-state index in [4.69, 9.17) is 5.73 Å². The van der Waals surface area contributed by atoms with E-state index in [1.165, 1.54) is 16.7 Å². The molecule has 0 aliphatic heterocycles. The first-order valence-corrected chi connectivity index (χ1v) is 12.2. The average molecular weight is 547 g/mol. The van der Waals surface area contributed by atoms with Gasteiger partial charge in [0.05, 0.1) is 5.91 Å². The second-order valence-electron chi connectivity index (χ2n) is 7.83. The third-order valence-electron chi connectivity index (χ3n) is 4.84. The number of carbonyl (C=O) groups excluding carboxylic acids is 1. The van der Waals surface area contributed by atoms with E-state index in [0.29, 0.717) is 11.5 Å². The summed E-state index contributed by atoms with van der Waals surface area (Å²) >= 11 is 0. The first-order chi connectivity index (χ1) is 12.5. The van der Waals surface area contributed by atoms with Crippen LogP contribution in [0.4, 0.5) is 0 Å². The van der Waals surface area contributed by atoms with Crippen LogP contribution in [0.25, 0.3) is 5.73 Å². The third kappa shape index (κ3) is 11.5. The van der Waals surface area contributed by atoms with Gasteiger partial charge in [-0.25, -0.2) is 5.57 Å². The molecular formula is C24H38Cl2NOSiZr. The molecule has 0 bridgehead atoms. The third-order valence-corrected chi connectivity index (χ3v) is 4.84. The Morgan fingerprint density at radius 1 is 1.00 bits per heavy atom. The van der Waals surface area contributed by atoms with Crippen molar-refractivity contribution < 1.29 is 55.8 Å². The topological polar surface area (TPSA) is 40.9 Å². The molecule has 0 fully saturated rings. The van der Waals surface area contributed by atoms with E-state index in [-0.39, 0.29) is 62.9 Å². The summed E-state index contributed by atoms with van der Waals surface area (Å²) in [5.41, 5.74) is 14.2. The minimum Gasteiger partial charge on any atom is -1.00 e. The normalized spacial score (nSPS) is 14.3. The first-order valence-electron chi connectivity index (χ1n) is 9.89. The summed E-state index contributed by atoms with van der Waals surface area (Å²) in [6, 6.07) is 5.85. The average Bonchev–Trinajstić information content (AvgIpc) is 2.81. The van der Waals surface area contributed by atoms with Crippen LogP contribution in [0.5, 0.6) is 0 Å². The van der Waals surface area contributed by atoms with Gasteiger partial charge in [0.2, 0.25) is 0 Å². The fraction of sp³-hybridized carbons (Fsp3) is 0.542. The molecule has 2 nitrogen and oxygen atoms in total. The summed E-state index contributed by atoms with van der Waals surface area (Å²) in [6.45, 7) is 21.3. The summed E-state index contributed by atoms with van der Waals surface area (Å²) in [5, 5.41) is 0. The van der Waals surface area contributed by atoms with Crippen LogP contribution in [-0.2, 0) is 26.2 Å². The Hall–Kier alpha value is -0.150. The van der Waals surface area contributed by atoms with Gasteiger partial charge >= 0.3 is 26.2 Å². The Bertz CT molecular complexity index is 674. The predicted octanol–water partition coefficient (Wildman–Crippen LogP) is 1.37. The Morgan fingerprint density at radius 2 is 1.37 bits per heavy atom. The number of halogens is 2. The van der Waals surface area contributed by atoms with E-state index in [1.54, 1.807) is 0 Å². The molecule has 1 amide bonds. The van der Waals surface area contributed by atoms with Crippen molar-refractivity contribution in [2.75, 3.05) is 0 Å². The SMILES string of the molecule is CC(C)c1cccc(C(C)C)c1C([NH-])=O.CC1=[C-]C(C)C(C)=C1C.C[SiH]C.[Cl-].[Cl-].[Zr+4]. The maximum atomic E-state index is 11.4. The van der Waals surface area contributed by atoms with Gasteiger partial charge in [0.25, 0.3) is 0 Å². The Balaban J connectivity index is -0.000000195. The smallest absolute Gasteiger partial charge is 1.00 e. The quantitative estimate of drug-likeness (QED) is 0.417. The number of hydrogen-bond donors (Lipinski definition) is 0. The molecule has 1 aromatic rings. The molecule has 1 unspecified atom stereocenters. The Labute approximate surface area is 219 Å². The standard InChI is InChI=1S/C13H19NO.C9H13.C2H7Si.2ClH.Zr/c1-8(2)10-6-5-7-11(9(3)4)12(10)13(14)15;1-6-5-7(2)9(4)8(6)3;1-3-2;;;/h5-9H,1-4H3,(H2,14,15);6H,1-4H3;3H,1-2H3;2*1H;/q;-1;;;;+4/p-3. The van der Waals surface area contributed by atoms with Crippen LogP contribution in [0.15, 0.2) is 34.9 Å². The van der Waals surface area contributed by atoms with Gasteiger partial charge in [0.1, 0.15) is 0 Å². The van der Waals surface area contributed by atoms with Crippen molar-refractivity contribution in [3.63, 3.8) is 0 Å². The molecule has 0 aromatic heterocycles. The van der Waals surface area contributed by atoms with Gasteiger partial charge in [-0.15, -0.1) is 6.92 Å². The molecular weight excluding hydrogens is 508 g/mol. The predicted molar refractivity (Wildman–Crippen MR) is 122 cm³/mol. The number of hydrogen-bond acceptors (Lipinski definition) is 1. The molecule has 6 heteroatoms. The minimum atomic E-state index is -0.567. The number of carbonyl (C=O) groups is 1. The van der Waals surface area contributed by atoms with Crippen molar-refractivity contribution in [3.8, 4) is 0 Å². The van der Waals surface area contributed by atoms with Crippen molar-refractivity contribution in [2.45, 2.75) is 80.3 Å². The molecule has 0 heterocycles. The van der Waals surface area contributed by atoms with E-state index < -0.39 is 5.91 Å². The minimum absolute atomic E-state index is 0. The van der Waals surface area contributed by atoms with Crippen LogP contribution in [0.2, 0.25) is 13.1 Å². The molecule has 2 rings (SSSR count). The molecule has 1 aromatic carbocycles. The van der Waals surface area contributed by atoms with E-state index >= 15 is 0 Å². The van der Waals surface area contributed by atoms with Crippen molar-refractivity contribution in [2.24, 2.45) is 5.92 Å². The van der Waals surface area contributed by atoms with E-state index in [0.717, 1.165) is 20.6 Å². The monoisotopic (exact) mass is 544 g/mol. The van der Waals surface area contributed by atoms with Gasteiger partial charge in [-0.3, -0.25) is 6.08 Å². The Kier molecular flexibility index (Phi) is 22.8. The largest absolute Gasteiger partial charge is 4.00 e. The molecule has 1 aliphatic carbocycles. The van der Waals surface area contributed by atoms with Crippen LogP contribution in [0, 0.1) is 12.0 Å². The summed E-state index contributed by atoms with van der Waals surface area (Å²) in [7, 11) is 0.750. The fourth-order valence-corrected chi connectivity index (χ4v) is 2.97. The van der Waals surface area contributed by atoms with Crippen LogP contribution in [0.1, 0.15) is 88.7 Å². The van der Waals surface area contributed by atoms with E-state index in [2.05, 4.69) is 46.9 Å². The van der Waals surface area contributed by atoms with E-state index in [9.17, 15) is 4.79 Å². The maximum Gasteiger partial charge on any atom is 4.00 e. The van der Waals surface area contributed by atoms with Gasteiger partial charge < -0.3 is 35.3 Å². The number of allylic oxidation sites excluding steroid dienone is 4. The molecule has 1 radical (unpaired) electrons. The van der Waals surface area contributed by atoms with Gasteiger partial charge in [0.15, 0.2) is 0 Å². The Morgan fingerprint density at radius 3 is 1.53 bits per heavy atom. The molecule has 1 aliphatic rings. The van der Waals surface area contributed by atoms with E-state index in [1.807, 2.05) is 45.9 Å². The zero-order valence-electron chi connectivity index (χ0n) is 20.2. The summed E-state index contributed by atoms with van der Waals surface area (Å²) in [4.78, 5) is 11.4. The number of benzene rings is 1. The molecule has 167 valence electrons. The van der Waals surface area contributed by atoms with Crippen molar-refractivity contribution in [1.82, 2.24) is 0 Å². The van der Waals surface area contributed by atoms with Crippen LogP contribution < -0.4 is 24.8 Å². The summed E-state index contributed by atoms with van der Waals surface area (Å²) in [6.07, 6.45) is 3.36. The number of nitrogens with one attached hydrogen (secondary N) is 1. The molecule has 1 atom stereocenters. The zero-order chi connectivity index (χ0) is 21.3. The van der Waals surface area contributed by atoms with Crippen LogP contribution >= 0.6 is 0 Å². The number of amides is 1. The molecule has 30 heavy (non-hydrogen) atoms. The van der Waals surface area contributed by atoms with Gasteiger partial charge in [-0.2, -0.15) is 11.1 Å². The second-order valence-corrected chi connectivity index (χ2v) is 8.98. The van der Waals surface area contributed by atoms with Gasteiger partial charge in [0, 0.05) is 15.1 Å². The van der Waals surface area contributed by atoms with Crippen LogP contribution in [-0.4, -0.2) is 15.4 Å². The molecule has 0 spiro atoms. The van der Waals surface area contributed by atoms with Gasteiger partial charge in [-0.1, -0.05) is 85.7 Å². The summed E-state index contributed by atoms with van der Waals surface area (Å²) in [5.74, 6) is 0.564. The van der Waals surface area contributed by atoms with Gasteiger partial charge in [-0.05, 0) is 23.0 Å². The zero-order valence-corrected chi connectivity index (χ0v) is 25.3. The number of rotatable bonds is 3. The maximum absolute atomic E-state index is 11.4. The fourth-order valence-electron chi connectivity index (χ4n) is 2.97. The van der Waals surface area contributed by atoms with Crippen LogP contribution in [0.3, 0.4) is 0 Å². The van der Waals surface area contributed by atoms with Crippen molar-refractivity contribution >= 4 is 15.4 Å². The molecule has 0 saturated heterocycles. The van der Waals surface area contributed by atoms with Crippen molar-refractivity contribution in [1.29, 1.82) is 0 Å². The molecule has 0 saturated carbocycles. The van der Waals surface area contributed by atoms with Crippen molar-refractivity contribution in [3.05, 3.63) is 63.4 Å². The summed E-state index contributed by atoms with van der Waals surface area (Å²) < 4.78 is 0. The first kappa shape index (κ1) is 37.2. The second kappa shape index (κ2) is 18.4. The molecule has 1 N–H and O–H groups in total.